The minimum absolute atomic E-state index is 0.310. The van der Waals surface area contributed by atoms with Crippen molar-refractivity contribution in [3.05, 3.63) is 59.7 Å². The number of carbonyl (C=O) groups excluding carboxylic acids is 1. The molecule has 0 radical (unpaired) electrons. The van der Waals surface area contributed by atoms with Crippen molar-refractivity contribution >= 4 is 17.3 Å². The lowest BCUT2D eigenvalue weighted by Gasteiger charge is -2.19. The first-order valence-electron chi connectivity index (χ1n) is 6.35. The van der Waals surface area contributed by atoms with Crippen molar-refractivity contribution in [2.24, 2.45) is 0 Å². The van der Waals surface area contributed by atoms with Crippen LogP contribution >= 0.6 is 0 Å². The van der Waals surface area contributed by atoms with Gasteiger partial charge in [0.25, 0.3) is 0 Å². The number of benzene rings is 2. The summed E-state index contributed by atoms with van der Waals surface area (Å²) in [5, 5.41) is 12.0. The second-order valence-electron chi connectivity index (χ2n) is 4.39. The quantitative estimate of drug-likeness (QED) is 0.664. The molecule has 5 heteroatoms. The van der Waals surface area contributed by atoms with Crippen molar-refractivity contribution in [2.75, 3.05) is 18.2 Å². The van der Waals surface area contributed by atoms with Crippen LogP contribution in [0.2, 0.25) is 0 Å². The van der Waals surface area contributed by atoms with Gasteiger partial charge in [-0.1, -0.05) is 36.4 Å². The van der Waals surface area contributed by atoms with Crippen LogP contribution in [0.25, 0.3) is 0 Å². The number of nitrogens with two attached hydrogens (primary N) is 1. The van der Waals surface area contributed by atoms with Crippen LogP contribution in [0.15, 0.2) is 48.5 Å². The Balaban J connectivity index is 2.37. The maximum atomic E-state index is 12.0. The molecule has 0 saturated heterocycles. The Kier molecular flexibility index (Phi) is 4.42. The average Bonchev–Trinajstić information content (AvgIpc) is 2.54. The zero-order valence-corrected chi connectivity index (χ0v) is 11.5. The number of carbonyl (C=O) groups is 1. The standard InChI is InChI=1S/C16H15N3O2/c1-21-16(20)15(11-6-3-2-4-7-11)19-13-9-5-8-12(10-17)14(13)18/h2-9,15,19H,18H2,1H3. The van der Waals surface area contributed by atoms with E-state index in [4.69, 9.17) is 15.7 Å². The second-order valence-corrected chi connectivity index (χ2v) is 4.39. The topological polar surface area (TPSA) is 88.1 Å². The van der Waals surface area contributed by atoms with E-state index in [9.17, 15) is 4.79 Å². The number of esters is 1. The van der Waals surface area contributed by atoms with Gasteiger partial charge < -0.3 is 15.8 Å². The van der Waals surface area contributed by atoms with E-state index >= 15 is 0 Å². The zero-order chi connectivity index (χ0) is 15.2. The highest BCUT2D eigenvalue weighted by molar-refractivity contribution is 5.83. The van der Waals surface area contributed by atoms with Gasteiger partial charge >= 0.3 is 5.97 Å². The molecule has 0 aliphatic heterocycles. The van der Waals surface area contributed by atoms with Gasteiger partial charge in [0.15, 0.2) is 6.04 Å². The molecule has 2 rings (SSSR count). The van der Waals surface area contributed by atoms with Crippen molar-refractivity contribution in [3.8, 4) is 6.07 Å². The minimum atomic E-state index is -0.688. The number of para-hydroxylation sites is 1. The van der Waals surface area contributed by atoms with Gasteiger partial charge in [-0.15, -0.1) is 0 Å². The zero-order valence-electron chi connectivity index (χ0n) is 11.5. The third kappa shape index (κ3) is 3.12. The van der Waals surface area contributed by atoms with Gasteiger partial charge in [-0.3, -0.25) is 0 Å². The molecular weight excluding hydrogens is 266 g/mol. The normalized spacial score (nSPS) is 11.2. The second kappa shape index (κ2) is 6.44. The van der Waals surface area contributed by atoms with E-state index in [1.807, 2.05) is 36.4 Å². The largest absolute Gasteiger partial charge is 0.467 e. The summed E-state index contributed by atoms with van der Waals surface area (Å²) in [5.41, 5.74) is 7.87. The van der Waals surface area contributed by atoms with Crippen LogP contribution < -0.4 is 11.1 Å². The fraction of sp³-hybridized carbons (Fsp3) is 0.125. The lowest BCUT2D eigenvalue weighted by molar-refractivity contribution is -0.141. The summed E-state index contributed by atoms with van der Waals surface area (Å²) in [6.45, 7) is 0. The van der Waals surface area contributed by atoms with Gasteiger partial charge in [-0.25, -0.2) is 4.79 Å². The van der Waals surface area contributed by atoms with Gasteiger partial charge in [0.1, 0.15) is 6.07 Å². The van der Waals surface area contributed by atoms with Crippen molar-refractivity contribution in [3.63, 3.8) is 0 Å². The van der Waals surface area contributed by atoms with Gasteiger partial charge in [0.2, 0.25) is 0 Å². The highest BCUT2D eigenvalue weighted by Crippen LogP contribution is 2.27. The Morgan fingerprint density at radius 3 is 2.57 bits per heavy atom. The Morgan fingerprint density at radius 2 is 1.95 bits per heavy atom. The smallest absolute Gasteiger partial charge is 0.332 e. The van der Waals surface area contributed by atoms with E-state index in [2.05, 4.69) is 5.32 Å². The fourth-order valence-electron chi connectivity index (χ4n) is 1.99. The summed E-state index contributed by atoms with van der Waals surface area (Å²) in [5.74, 6) is -0.428. The number of hydrogen-bond acceptors (Lipinski definition) is 5. The summed E-state index contributed by atoms with van der Waals surface area (Å²) >= 11 is 0. The molecule has 5 nitrogen and oxygen atoms in total. The SMILES string of the molecule is COC(=O)C(Nc1cccc(C#N)c1N)c1ccccc1. The van der Waals surface area contributed by atoms with Gasteiger partial charge in [-0.05, 0) is 17.7 Å². The minimum Gasteiger partial charge on any atom is -0.467 e. The molecule has 3 N–H and O–H groups in total. The number of anilines is 2. The maximum absolute atomic E-state index is 12.0. The highest BCUT2D eigenvalue weighted by atomic mass is 16.5. The molecule has 0 fully saturated rings. The first-order chi connectivity index (χ1) is 10.2. The van der Waals surface area contributed by atoms with Crippen molar-refractivity contribution < 1.29 is 9.53 Å². The lowest BCUT2D eigenvalue weighted by atomic mass is 10.1. The van der Waals surface area contributed by atoms with Gasteiger partial charge in [0.05, 0.1) is 24.0 Å². The molecule has 0 bridgehead atoms. The summed E-state index contributed by atoms with van der Waals surface area (Å²) in [6.07, 6.45) is 0. The maximum Gasteiger partial charge on any atom is 0.332 e. The molecule has 2 aromatic rings. The van der Waals surface area contributed by atoms with Crippen molar-refractivity contribution in [1.29, 1.82) is 5.26 Å². The van der Waals surface area contributed by atoms with E-state index in [-0.39, 0.29) is 0 Å². The van der Waals surface area contributed by atoms with Crippen LogP contribution in [0.1, 0.15) is 17.2 Å². The summed E-state index contributed by atoms with van der Waals surface area (Å²) in [7, 11) is 1.33. The number of ether oxygens (including phenoxy) is 1. The first kappa shape index (κ1) is 14.4. The third-order valence-electron chi connectivity index (χ3n) is 3.10. The van der Waals surface area contributed by atoms with Crippen LogP contribution in [0.4, 0.5) is 11.4 Å². The number of nitriles is 1. The summed E-state index contributed by atoms with van der Waals surface area (Å²) in [4.78, 5) is 12.0. The number of nitrogen functional groups attached to an aromatic ring is 1. The monoisotopic (exact) mass is 281 g/mol. The van der Waals surface area contributed by atoms with E-state index in [0.29, 0.717) is 16.9 Å². The van der Waals surface area contributed by atoms with Crippen molar-refractivity contribution in [2.45, 2.75) is 6.04 Å². The molecule has 1 unspecified atom stereocenters. The van der Waals surface area contributed by atoms with Crippen molar-refractivity contribution in [1.82, 2.24) is 0 Å². The molecule has 1 atom stereocenters. The number of nitrogens with zero attached hydrogens (tertiary/aromatic N) is 1. The van der Waals surface area contributed by atoms with Crippen LogP contribution in [-0.4, -0.2) is 13.1 Å². The van der Waals surface area contributed by atoms with Crippen LogP contribution in [0.5, 0.6) is 0 Å². The lowest BCUT2D eigenvalue weighted by Crippen LogP contribution is -2.22. The number of hydrogen-bond donors (Lipinski definition) is 2. The Labute approximate surface area is 123 Å². The molecule has 0 spiro atoms. The third-order valence-corrected chi connectivity index (χ3v) is 3.10. The van der Waals surface area contributed by atoms with Gasteiger partial charge in [0, 0.05) is 0 Å². The molecule has 0 aromatic heterocycles. The predicted molar refractivity (Wildman–Crippen MR) is 80.4 cm³/mol. The van der Waals surface area contributed by atoms with E-state index < -0.39 is 12.0 Å². The molecule has 0 aliphatic carbocycles. The Morgan fingerprint density at radius 1 is 1.24 bits per heavy atom. The van der Waals surface area contributed by atoms with Crippen LogP contribution in [0, 0.1) is 11.3 Å². The van der Waals surface area contributed by atoms with Gasteiger partial charge in [-0.2, -0.15) is 5.26 Å². The molecule has 0 amide bonds. The van der Waals surface area contributed by atoms with Crippen LogP contribution in [-0.2, 0) is 9.53 Å². The molecular formula is C16H15N3O2. The first-order valence-corrected chi connectivity index (χ1v) is 6.35. The van der Waals surface area contributed by atoms with E-state index in [1.54, 1.807) is 18.2 Å². The molecule has 0 saturated carbocycles. The number of methoxy groups -OCH3 is 1. The summed E-state index contributed by atoms with van der Waals surface area (Å²) < 4.78 is 4.83. The molecule has 21 heavy (non-hydrogen) atoms. The summed E-state index contributed by atoms with van der Waals surface area (Å²) in [6, 6.07) is 15.5. The Hall–Kier alpha value is -3.00. The molecule has 0 heterocycles. The van der Waals surface area contributed by atoms with E-state index in [1.165, 1.54) is 7.11 Å². The van der Waals surface area contributed by atoms with E-state index in [0.717, 1.165) is 5.56 Å². The Bertz CT molecular complexity index is 678. The molecule has 106 valence electrons. The molecule has 0 aliphatic rings. The van der Waals surface area contributed by atoms with Crippen LogP contribution in [0.3, 0.4) is 0 Å². The molecule has 2 aromatic carbocycles. The predicted octanol–water partition coefficient (Wildman–Crippen LogP) is 2.47. The number of rotatable bonds is 4. The average molecular weight is 281 g/mol. The fourth-order valence-corrected chi connectivity index (χ4v) is 1.99. The highest BCUT2D eigenvalue weighted by Gasteiger charge is 2.22. The number of nitrogens with one attached hydrogen (secondary N) is 1.